The highest BCUT2D eigenvalue weighted by atomic mass is 32.1. The van der Waals surface area contributed by atoms with Crippen LogP contribution in [-0.2, 0) is 17.8 Å². The molecule has 19 heavy (non-hydrogen) atoms. The van der Waals surface area contributed by atoms with E-state index in [0.29, 0.717) is 23.2 Å². The predicted octanol–water partition coefficient (Wildman–Crippen LogP) is 2.54. The fraction of sp³-hybridized carbons (Fsp3) is 0.417. The van der Waals surface area contributed by atoms with Crippen LogP contribution in [0.5, 0.6) is 0 Å². The van der Waals surface area contributed by atoms with Gasteiger partial charge in [0.1, 0.15) is 4.88 Å². The van der Waals surface area contributed by atoms with Gasteiger partial charge in [-0.2, -0.15) is 0 Å². The minimum absolute atomic E-state index is 0.130. The molecule has 3 heterocycles. The first-order valence-corrected chi connectivity index (χ1v) is 7.58. The van der Waals surface area contributed by atoms with Gasteiger partial charge in [0, 0.05) is 6.42 Å². The lowest BCUT2D eigenvalue weighted by atomic mass is 10.2. The van der Waals surface area contributed by atoms with Gasteiger partial charge in [-0.1, -0.05) is 11.3 Å². The lowest BCUT2D eigenvalue weighted by molar-refractivity contribution is 0.103. The summed E-state index contributed by atoms with van der Waals surface area (Å²) < 4.78 is 5.37. The average molecular weight is 295 g/mol. The average Bonchev–Trinajstić information content (AvgIpc) is 2.91. The Morgan fingerprint density at radius 2 is 2.16 bits per heavy atom. The maximum atomic E-state index is 12.2. The number of carbonyl (C=O) groups excluding carboxylic acids is 1. The third-order valence-electron chi connectivity index (χ3n) is 2.82. The number of aromatic nitrogens is 2. The van der Waals surface area contributed by atoms with Gasteiger partial charge < -0.3 is 4.74 Å². The molecule has 0 fully saturated rings. The standard InChI is InChI=1S/C12H13N3O2S2/c1-6-10(18-7(2)13-6)11(16)15-12-14-8-3-4-17-5-9(8)19-12/h3-5H2,1-2H3,(H,14,15,16). The summed E-state index contributed by atoms with van der Waals surface area (Å²) >= 11 is 2.89. The summed E-state index contributed by atoms with van der Waals surface area (Å²) in [5.74, 6) is -0.130. The zero-order valence-electron chi connectivity index (χ0n) is 10.6. The van der Waals surface area contributed by atoms with Gasteiger partial charge >= 0.3 is 0 Å². The topological polar surface area (TPSA) is 64.1 Å². The fourth-order valence-electron chi connectivity index (χ4n) is 1.97. The number of rotatable bonds is 2. The quantitative estimate of drug-likeness (QED) is 0.924. The molecule has 0 aliphatic carbocycles. The Balaban J connectivity index is 1.79. The molecule has 1 N–H and O–H groups in total. The van der Waals surface area contributed by atoms with Crippen LogP contribution in [0.4, 0.5) is 5.13 Å². The number of thiazole rings is 2. The van der Waals surface area contributed by atoms with Crippen molar-refractivity contribution in [3.8, 4) is 0 Å². The van der Waals surface area contributed by atoms with Crippen LogP contribution >= 0.6 is 22.7 Å². The molecule has 0 aromatic carbocycles. The third kappa shape index (κ3) is 2.54. The number of fused-ring (bicyclic) bond motifs is 1. The van der Waals surface area contributed by atoms with E-state index in [-0.39, 0.29) is 5.91 Å². The smallest absolute Gasteiger partial charge is 0.269 e. The van der Waals surface area contributed by atoms with Crippen LogP contribution in [0.1, 0.15) is 30.9 Å². The van der Waals surface area contributed by atoms with E-state index < -0.39 is 0 Å². The minimum Gasteiger partial charge on any atom is -0.375 e. The molecule has 1 amide bonds. The first kappa shape index (κ1) is 12.7. The summed E-state index contributed by atoms with van der Waals surface area (Å²) in [5, 5.41) is 4.39. The molecule has 5 nitrogen and oxygen atoms in total. The van der Waals surface area contributed by atoms with Crippen molar-refractivity contribution in [2.45, 2.75) is 26.9 Å². The Hall–Kier alpha value is -1.31. The molecule has 1 aliphatic rings. The van der Waals surface area contributed by atoms with E-state index >= 15 is 0 Å². The molecule has 2 aromatic rings. The highest BCUT2D eigenvalue weighted by Gasteiger charge is 2.19. The third-order valence-corrected chi connectivity index (χ3v) is 4.88. The van der Waals surface area contributed by atoms with Gasteiger partial charge in [0.2, 0.25) is 0 Å². The molecule has 0 saturated carbocycles. The molecular formula is C12H13N3O2S2. The molecular weight excluding hydrogens is 282 g/mol. The van der Waals surface area contributed by atoms with Crippen molar-refractivity contribution in [3.63, 3.8) is 0 Å². The van der Waals surface area contributed by atoms with E-state index in [1.165, 1.54) is 22.7 Å². The highest BCUT2D eigenvalue weighted by molar-refractivity contribution is 7.16. The van der Waals surface area contributed by atoms with E-state index in [1.807, 2.05) is 13.8 Å². The Morgan fingerprint density at radius 1 is 1.32 bits per heavy atom. The van der Waals surface area contributed by atoms with Gasteiger partial charge in [-0.15, -0.1) is 11.3 Å². The van der Waals surface area contributed by atoms with E-state index in [9.17, 15) is 4.79 Å². The fourth-order valence-corrected chi connectivity index (χ4v) is 3.73. The number of nitrogens with one attached hydrogen (secondary N) is 1. The first-order chi connectivity index (χ1) is 9.13. The zero-order chi connectivity index (χ0) is 13.4. The number of hydrogen-bond donors (Lipinski definition) is 1. The van der Waals surface area contributed by atoms with Crippen molar-refractivity contribution in [1.82, 2.24) is 9.97 Å². The van der Waals surface area contributed by atoms with Crippen LogP contribution in [0.3, 0.4) is 0 Å². The van der Waals surface area contributed by atoms with Crippen molar-refractivity contribution in [2.75, 3.05) is 11.9 Å². The Kier molecular flexibility index (Phi) is 3.34. The van der Waals surface area contributed by atoms with Crippen LogP contribution in [0.2, 0.25) is 0 Å². The lowest BCUT2D eigenvalue weighted by Crippen LogP contribution is -2.11. The van der Waals surface area contributed by atoms with Gasteiger partial charge in [-0.05, 0) is 13.8 Å². The zero-order valence-corrected chi connectivity index (χ0v) is 12.3. The number of amides is 1. The Labute approximate surface area is 118 Å². The summed E-state index contributed by atoms with van der Waals surface area (Å²) in [5.41, 5.74) is 1.81. The molecule has 3 rings (SSSR count). The molecule has 0 atom stereocenters. The molecule has 100 valence electrons. The maximum Gasteiger partial charge on any atom is 0.269 e. The summed E-state index contributed by atoms with van der Waals surface area (Å²) in [6.07, 6.45) is 0.820. The first-order valence-electron chi connectivity index (χ1n) is 5.95. The second-order valence-electron chi connectivity index (χ2n) is 4.29. The molecule has 0 radical (unpaired) electrons. The lowest BCUT2D eigenvalue weighted by Gasteiger charge is -2.08. The number of hydrogen-bond acceptors (Lipinski definition) is 6. The van der Waals surface area contributed by atoms with Crippen molar-refractivity contribution < 1.29 is 9.53 Å². The van der Waals surface area contributed by atoms with E-state index in [4.69, 9.17) is 4.74 Å². The second kappa shape index (κ2) is 4.99. The summed E-state index contributed by atoms with van der Waals surface area (Å²) in [4.78, 5) is 22.6. The number of nitrogens with zero attached hydrogens (tertiary/aromatic N) is 2. The number of ether oxygens (including phenoxy) is 1. The largest absolute Gasteiger partial charge is 0.375 e. The maximum absolute atomic E-state index is 12.2. The van der Waals surface area contributed by atoms with Crippen molar-refractivity contribution in [1.29, 1.82) is 0 Å². The molecule has 0 saturated heterocycles. The number of aryl methyl sites for hydroxylation is 2. The van der Waals surface area contributed by atoms with Crippen LogP contribution in [-0.4, -0.2) is 22.5 Å². The van der Waals surface area contributed by atoms with E-state index in [2.05, 4.69) is 15.3 Å². The molecule has 0 spiro atoms. The van der Waals surface area contributed by atoms with Gasteiger partial charge in [-0.25, -0.2) is 9.97 Å². The minimum atomic E-state index is -0.130. The molecule has 0 unspecified atom stereocenters. The van der Waals surface area contributed by atoms with Crippen LogP contribution in [0.15, 0.2) is 0 Å². The van der Waals surface area contributed by atoms with Crippen LogP contribution in [0, 0.1) is 13.8 Å². The number of carbonyl (C=O) groups is 1. The molecule has 2 aromatic heterocycles. The highest BCUT2D eigenvalue weighted by Crippen LogP contribution is 2.28. The Morgan fingerprint density at radius 3 is 2.84 bits per heavy atom. The summed E-state index contributed by atoms with van der Waals surface area (Å²) in [6, 6.07) is 0. The predicted molar refractivity (Wildman–Crippen MR) is 75.0 cm³/mol. The van der Waals surface area contributed by atoms with E-state index in [0.717, 1.165) is 27.7 Å². The molecule has 0 bridgehead atoms. The van der Waals surface area contributed by atoms with Crippen molar-refractivity contribution >= 4 is 33.7 Å². The van der Waals surface area contributed by atoms with Crippen molar-refractivity contribution in [3.05, 3.63) is 26.1 Å². The Bertz CT molecular complexity index is 609. The van der Waals surface area contributed by atoms with Crippen LogP contribution in [0.25, 0.3) is 0 Å². The monoisotopic (exact) mass is 295 g/mol. The van der Waals surface area contributed by atoms with Gasteiger partial charge in [0.15, 0.2) is 5.13 Å². The summed E-state index contributed by atoms with van der Waals surface area (Å²) in [6.45, 7) is 5.05. The van der Waals surface area contributed by atoms with Crippen LogP contribution < -0.4 is 5.32 Å². The van der Waals surface area contributed by atoms with Crippen molar-refractivity contribution in [2.24, 2.45) is 0 Å². The van der Waals surface area contributed by atoms with E-state index in [1.54, 1.807) is 0 Å². The van der Waals surface area contributed by atoms with Gasteiger partial charge in [-0.3, -0.25) is 10.1 Å². The second-order valence-corrected chi connectivity index (χ2v) is 6.58. The van der Waals surface area contributed by atoms with Gasteiger partial charge in [0.25, 0.3) is 5.91 Å². The SMILES string of the molecule is Cc1nc(C)c(C(=O)Nc2nc3c(s2)COCC3)s1. The normalized spacial score (nSPS) is 14.2. The molecule has 7 heteroatoms. The van der Waals surface area contributed by atoms with Gasteiger partial charge in [0.05, 0.1) is 34.5 Å². The number of anilines is 1. The molecule has 1 aliphatic heterocycles. The summed E-state index contributed by atoms with van der Waals surface area (Å²) in [7, 11) is 0.